The molecule has 2 rings (SSSR count). The molecule has 14 heavy (non-hydrogen) atoms. The Morgan fingerprint density at radius 3 is 3.29 bits per heavy atom. The van der Waals surface area contributed by atoms with Gasteiger partial charge in [0, 0.05) is 19.1 Å². The van der Waals surface area contributed by atoms with E-state index in [0.717, 1.165) is 32.1 Å². The fourth-order valence-electron chi connectivity index (χ4n) is 2.15. The lowest BCUT2D eigenvalue weighted by Crippen LogP contribution is -2.50. The molecule has 0 aromatic heterocycles. The topological polar surface area (TPSA) is 39.7 Å². The summed E-state index contributed by atoms with van der Waals surface area (Å²) >= 11 is 0. The molecule has 2 aliphatic rings. The summed E-state index contributed by atoms with van der Waals surface area (Å²) in [5.41, 5.74) is 0. The number of piperidine rings is 1. The number of nitrogens with zero attached hydrogens (tertiary/aromatic N) is 2. The second kappa shape index (κ2) is 4.64. The van der Waals surface area contributed by atoms with Gasteiger partial charge in [-0.2, -0.15) is 0 Å². The molecule has 1 unspecified atom stereocenters. The van der Waals surface area contributed by atoms with Crippen molar-refractivity contribution in [2.75, 3.05) is 32.7 Å². The van der Waals surface area contributed by atoms with Crippen molar-refractivity contribution in [1.82, 2.24) is 15.5 Å². The second-order valence-corrected chi connectivity index (χ2v) is 4.03. The van der Waals surface area contributed by atoms with E-state index in [2.05, 4.69) is 27.4 Å². The van der Waals surface area contributed by atoms with Gasteiger partial charge in [0.25, 0.3) is 0 Å². The van der Waals surface area contributed by atoms with Crippen LogP contribution in [0, 0.1) is 0 Å². The van der Waals surface area contributed by atoms with Crippen molar-refractivity contribution in [3.8, 4) is 0 Å². The molecule has 0 amide bonds. The van der Waals surface area contributed by atoms with Crippen LogP contribution in [0.15, 0.2) is 4.99 Å². The van der Waals surface area contributed by atoms with Crippen LogP contribution >= 0.6 is 0 Å². The van der Waals surface area contributed by atoms with Gasteiger partial charge in [-0.15, -0.1) is 0 Å². The Kier molecular flexibility index (Phi) is 3.24. The highest BCUT2D eigenvalue weighted by molar-refractivity contribution is 5.81. The average molecular weight is 196 g/mol. The van der Waals surface area contributed by atoms with Gasteiger partial charge in [-0.25, -0.2) is 0 Å². The van der Waals surface area contributed by atoms with Crippen LogP contribution in [-0.2, 0) is 0 Å². The Morgan fingerprint density at radius 2 is 2.57 bits per heavy atom. The summed E-state index contributed by atoms with van der Waals surface area (Å²) in [4.78, 5) is 6.85. The van der Waals surface area contributed by atoms with Crippen LogP contribution in [0.5, 0.6) is 0 Å². The Labute approximate surface area is 85.8 Å². The van der Waals surface area contributed by atoms with Gasteiger partial charge < -0.3 is 15.5 Å². The van der Waals surface area contributed by atoms with Gasteiger partial charge >= 0.3 is 0 Å². The SMILES string of the molecule is CCN1CCCC(NC2=NCCN2)C1. The Balaban J connectivity index is 1.79. The molecule has 80 valence electrons. The maximum absolute atomic E-state index is 4.36. The molecule has 0 aliphatic carbocycles. The minimum Gasteiger partial charge on any atom is -0.355 e. The van der Waals surface area contributed by atoms with E-state index in [9.17, 15) is 0 Å². The van der Waals surface area contributed by atoms with Crippen LogP contribution < -0.4 is 10.6 Å². The van der Waals surface area contributed by atoms with E-state index in [0.29, 0.717) is 6.04 Å². The predicted octanol–water partition coefficient (Wildman–Crippen LogP) is 0.0195. The van der Waals surface area contributed by atoms with E-state index >= 15 is 0 Å². The fourth-order valence-corrected chi connectivity index (χ4v) is 2.15. The van der Waals surface area contributed by atoms with Crippen molar-refractivity contribution < 1.29 is 0 Å². The van der Waals surface area contributed by atoms with E-state index < -0.39 is 0 Å². The number of rotatable bonds is 2. The summed E-state index contributed by atoms with van der Waals surface area (Å²) in [5, 5.41) is 6.74. The molecule has 0 aromatic carbocycles. The maximum Gasteiger partial charge on any atom is 0.191 e. The first-order chi connectivity index (χ1) is 6.88. The molecule has 0 radical (unpaired) electrons. The van der Waals surface area contributed by atoms with Crippen LogP contribution in [0.2, 0.25) is 0 Å². The minimum absolute atomic E-state index is 0.591. The minimum atomic E-state index is 0.591. The third-order valence-electron chi connectivity index (χ3n) is 2.97. The summed E-state index contributed by atoms with van der Waals surface area (Å²) in [6.07, 6.45) is 2.58. The average Bonchev–Trinajstić information content (AvgIpc) is 2.71. The molecule has 2 aliphatic heterocycles. The first kappa shape index (κ1) is 9.77. The van der Waals surface area contributed by atoms with E-state index in [4.69, 9.17) is 0 Å². The van der Waals surface area contributed by atoms with E-state index in [-0.39, 0.29) is 0 Å². The van der Waals surface area contributed by atoms with Gasteiger partial charge in [0.05, 0.1) is 6.54 Å². The zero-order valence-corrected chi connectivity index (χ0v) is 8.92. The van der Waals surface area contributed by atoms with E-state index in [1.54, 1.807) is 0 Å². The number of nitrogens with one attached hydrogen (secondary N) is 2. The molecule has 0 aromatic rings. The molecule has 2 heterocycles. The van der Waals surface area contributed by atoms with Crippen molar-refractivity contribution >= 4 is 5.96 Å². The number of hydrogen-bond acceptors (Lipinski definition) is 4. The van der Waals surface area contributed by atoms with E-state index in [1.807, 2.05) is 0 Å². The molecule has 1 fully saturated rings. The maximum atomic E-state index is 4.36. The van der Waals surface area contributed by atoms with Gasteiger partial charge in [-0.05, 0) is 25.9 Å². The van der Waals surface area contributed by atoms with Crippen molar-refractivity contribution in [3.05, 3.63) is 0 Å². The molecule has 1 saturated heterocycles. The Hall–Kier alpha value is -0.770. The molecular formula is C10H20N4. The van der Waals surface area contributed by atoms with Crippen molar-refractivity contribution in [1.29, 1.82) is 0 Å². The van der Waals surface area contributed by atoms with Crippen molar-refractivity contribution in [2.24, 2.45) is 4.99 Å². The van der Waals surface area contributed by atoms with Crippen LogP contribution in [0.1, 0.15) is 19.8 Å². The normalized spacial score (nSPS) is 28.4. The zero-order valence-electron chi connectivity index (χ0n) is 8.92. The molecular weight excluding hydrogens is 176 g/mol. The molecule has 4 heteroatoms. The summed E-state index contributed by atoms with van der Waals surface area (Å²) in [6.45, 7) is 7.73. The van der Waals surface area contributed by atoms with Gasteiger partial charge in [-0.3, -0.25) is 4.99 Å². The van der Waals surface area contributed by atoms with Crippen LogP contribution in [0.25, 0.3) is 0 Å². The highest BCUT2D eigenvalue weighted by Crippen LogP contribution is 2.09. The standard InChI is InChI=1S/C10H20N4/c1-2-14-7-3-4-9(8-14)13-10-11-5-6-12-10/h9H,2-8H2,1H3,(H2,11,12,13). The largest absolute Gasteiger partial charge is 0.355 e. The van der Waals surface area contributed by atoms with E-state index in [1.165, 1.54) is 19.4 Å². The number of likely N-dealkylation sites (tertiary alicyclic amines) is 1. The van der Waals surface area contributed by atoms with Crippen LogP contribution in [-0.4, -0.2) is 49.6 Å². The van der Waals surface area contributed by atoms with Gasteiger partial charge in [0.15, 0.2) is 5.96 Å². The third-order valence-corrected chi connectivity index (χ3v) is 2.97. The Morgan fingerprint density at radius 1 is 1.64 bits per heavy atom. The molecule has 0 spiro atoms. The lowest BCUT2D eigenvalue weighted by Gasteiger charge is -2.32. The van der Waals surface area contributed by atoms with Crippen molar-refractivity contribution in [2.45, 2.75) is 25.8 Å². The first-order valence-corrected chi connectivity index (χ1v) is 5.65. The quantitative estimate of drug-likeness (QED) is 0.654. The number of hydrogen-bond donors (Lipinski definition) is 2. The predicted molar refractivity (Wildman–Crippen MR) is 58.6 cm³/mol. The number of likely N-dealkylation sites (N-methyl/N-ethyl adjacent to an activating group) is 1. The molecule has 1 atom stereocenters. The molecule has 4 nitrogen and oxygen atoms in total. The lowest BCUT2D eigenvalue weighted by atomic mass is 10.1. The fraction of sp³-hybridized carbons (Fsp3) is 0.900. The van der Waals surface area contributed by atoms with Crippen molar-refractivity contribution in [3.63, 3.8) is 0 Å². The Bertz CT molecular complexity index is 214. The lowest BCUT2D eigenvalue weighted by molar-refractivity contribution is 0.209. The van der Waals surface area contributed by atoms with Gasteiger partial charge in [-0.1, -0.05) is 6.92 Å². The van der Waals surface area contributed by atoms with Crippen LogP contribution in [0.3, 0.4) is 0 Å². The third kappa shape index (κ3) is 2.38. The van der Waals surface area contributed by atoms with Crippen LogP contribution in [0.4, 0.5) is 0 Å². The number of aliphatic imine (C=N–C) groups is 1. The molecule has 0 bridgehead atoms. The number of guanidine groups is 1. The summed E-state index contributed by atoms with van der Waals surface area (Å²) in [5.74, 6) is 1.01. The summed E-state index contributed by atoms with van der Waals surface area (Å²) < 4.78 is 0. The highest BCUT2D eigenvalue weighted by Gasteiger charge is 2.19. The van der Waals surface area contributed by atoms with Gasteiger partial charge in [0.2, 0.25) is 0 Å². The smallest absolute Gasteiger partial charge is 0.191 e. The monoisotopic (exact) mass is 196 g/mol. The first-order valence-electron chi connectivity index (χ1n) is 5.65. The highest BCUT2D eigenvalue weighted by atomic mass is 15.2. The second-order valence-electron chi connectivity index (χ2n) is 4.03. The molecule has 0 saturated carbocycles. The summed E-state index contributed by atoms with van der Waals surface area (Å²) in [6, 6.07) is 0.591. The zero-order chi connectivity index (χ0) is 9.80. The van der Waals surface area contributed by atoms with Gasteiger partial charge in [0.1, 0.15) is 0 Å². The summed E-state index contributed by atoms with van der Waals surface area (Å²) in [7, 11) is 0. The molecule has 2 N–H and O–H groups in total.